The minimum Gasteiger partial charge on any atom is -0.379 e. The molecule has 0 bridgehead atoms. The zero-order valence-corrected chi connectivity index (χ0v) is 15.1. The van der Waals surface area contributed by atoms with Crippen molar-refractivity contribution in [3.05, 3.63) is 54.7 Å². The maximum absolute atomic E-state index is 12.3. The summed E-state index contributed by atoms with van der Waals surface area (Å²) in [5.74, 6) is 0.338. The summed E-state index contributed by atoms with van der Waals surface area (Å²) in [6.45, 7) is 1.93. The standard InChI is InChI=1S/C20H23N5O2/c26-20(6-3-9-25-14-21-13-23-25)24-19-12-27-11-16(19)10-15-7-8-22-18-5-2-1-4-17(15)18/h1-2,4-5,7-8,13-14,16,19H,3,6,9-12H2,(H,24,26). The highest BCUT2D eigenvalue weighted by molar-refractivity contribution is 5.81. The minimum atomic E-state index is 0.0517. The lowest BCUT2D eigenvalue weighted by Crippen LogP contribution is -2.40. The van der Waals surface area contributed by atoms with Crippen molar-refractivity contribution in [2.75, 3.05) is 13.2 Å². The molecule has 7 nitrogen and oxygen atoms in total. The zero-order chi connectivity index (χ0) is 18.5. The number of carbonyl (C=O) groups excluding carboxylic acids is 1. The number of ether oxygens (including phenoxy) is 1. The van der Waals surface area contributed by atoms with Crippen LogP contribution in [-0.2, 0) is 22.5 Å². The van der Waals surface area contributed by atoms with E-state index in [0.29, 0.717) is 26.2 Å². The van der Waals surface area contributed by atoms with Crippen LogP contribution in [-0.4, -0.2) is 44.9 Å². The summed E-state index contributed by atoms with van der Waals surface area (Å²) in [7, 11) is 0. The lowest BCUT2D eigenvalue weighted by Gasteiger charge is -2.20. The van der Waals surface area contributed by atoms with E-state index in [2.05, 4.69) is 32.5 Å². The van der Waals surface area contributed by atoms with Crippen LogP contribution >= 0.6 is 0 Å². The molecule has 2 atom stereocenters. The van der Waals surface area contributed by atoms with Crippen LogP contribution in [0, 0.1) is 5.92 Å². The van der Waals surface area contributed by atoms with Crippen LogP contribution in [0.25, 0.3) is 10.9 Å². The molecule has 1 aliphatic rings. The van der Waals surface area contributed by atoms with Crippen LogP contribution in [0.15, 0.2) is 49.2 Å². The quantitative estimate of drug-likeness (QED) is 0.692. The van der Waals surface area contributed by atoms with Crippen LogP contribution in [0.3, 0.4) is 0 Å². The second kappa shape index (κ2) is 8.26. The molecule has 1 saturated heterocycles. The van der Waals surface area contributed by atoms with E-state index in [4.69, 9.17) is 4.74 Å². The van der Waals surface area contributed by atoms with E-state index in [-0.39, 0.29) is 17.9 Å². The molecule has 1 N–H and O–H groups in total. The lowest BCUT2D eigenvalue weighted by molar-refractivity contribution is -0.122. The molecule has 7 heteroatoms. The van der Waals surface area contributed by atoms with E-state index in [1.807, 2.05) is 24.4 Å². The molecular weight excluding hydrogens is 342 g/mol. The average Bonchev–Trinajstić information content (AvgIpc) is 3.35. The molecule has 3 aromatic rings. The van der Waals surface area contributed by atoms with Gasteiger partial charge in [-0.15, -0.1) is 0 Å². The highest BCUT2D eigenvalue weighted by atomic mass is 16.5. The first-order valence-corrected chi connectivity index (χ1v) is 9.32. The Morgan fingerprint density at radius 2 is 2.19 bits per heavy atom. The molecule has 140 valence electrons. The zero-order valence-electron chi connectivity index (χ0n) is 15.1. The van der Waals surface area contributed by atoms with Crippen molar-refractivity contribution < 1.29 is 9.53 Å². The Kier molecular flexibility index (Phi) is 5.39. The molecule has 1 aromatic carbocycles. The second-order valence-electron chi connectivity index (χ2n) is 6.93. The Bertz CT molecular complexity index is 891. The predicted octanol–water partition coefficient (Wildman–Crippen LogP) is 1.98. The number of hydrogen-bond acceptors (Lipinski definition) is 5. The maximum atomic E-state index is 12.3. The minimum absolute atomic E-state index is 0.0517. The molecule has 27 heavy (non-hydrogen) atoms. The fraction of sp³-hybridized carbons (Fsp3) is 0.400. The number of hydrogen-bond donors (Lipinski definition) is 1. The third-order valence-electron chi connectivity index (χ3n) is 5.02. The van der Waals surface area contributed by atoms with Gasteiger partial charge in [0, 0.05) is 30.5 Å². The van der Waals surface area contributed by atoms with E-state index < -0.39 is 0 Å². The number of aromatic nitrogens is 4. The average molecular weight is 365 g/mol. The molecule has 0 radical (unpaired) electrons. The second-order valence-corrected chi connectivity index (χ2v) is 6.93. The molecule has 2 unspecified atom stereocenters. The fourth-order valence-electron chi connectivity index (χ4n) is 3.60. The van der Waals surface area contributed by atoms with Gasteiger partial charge in [0.1, 0.15) is 12.7 Å². The normalized spacial score (nSPS) is 19.4. The monoisotopic (exact) mass is 365 g/mol. The lowest BCUT2D eigenvalue weighted by atomic mass is 9.93. The van der Waals surface area contributed by atoms with Crippen molar-refractivity contribution in [1.29, 1.82) is 0 Å². The molecule has 1 fully saturated rings. The van der Waals surface area contributed by atoms with Crippen LogP contribution in [0.2, 0.25) is 0 Å². The highest BCUT2D eigenvalue weighted by Gasteiger charge is 2.29. The number of benzene rings is 1. The predicted molar refractivity (Wildman–Crippen MR) is 101 cm³/mol. The number of fused-ring (bicyclic) bond motifs is 1. The number of carbonyl (C=O) groups is 1. The van der Waals surface area contributed by atoms with E-state index in [9.17, 15) is 4.79 Å². The van der Waals surface area contributed by atoms with E-state index in [1.54, 1.807) is 11.0 Å². The number of rotatable bonds is 7. The number of aryl methyl sites for hydroxylation is 1. The molecule has 1 aliphatic heterocycles. The number of amides is 1. The van der Waals surface area contributed by atoms with Gasteiger partial charge in [0.2, 0.25) is 5.91 Å². The summed E-state index contributed by atoms with van der Waals surface area (Å²) in [6, 6.07) is 10.3. The van der Waals surface area contributed by atoms with Crippen LogP contribution in [0.1, 0.15) is 18.4 Å². The van der Waals surface area contributed by atoms with Gasteiger partial charge >= 0.3 is 0 Å². The third kappa shape index (κ3) is 4.31. The molecule has 0 aliphatic carbocycles. The van der Waals surface area contributed by atoms with Crippen molar-refractivity contribution in [2.24, 2.45) is 5.92 Å². The molecule has 1 amide bonds. The van der Waals surface area contributed by atoms with Gasteiger partial charge in [-0.1, -0.05) is 18.2 Å². The summed E-state index contributed by atoms with van der Waals surface area (Å²) in [6.07, 6.45) is 7.10. The Labute approximate surface area is 157 Å². The molecule has 4 rings (SSSR count). The molecular formula is C20H23N5O2. The molecule has 2 aromatic heterocycles. The highest BCUT2D eigenvalue weighted by Crippen LogP contribution is 2.24. The van der Waals surface area contributed by atoms with Crippen molar-refractivity contribution >= 4 is 16.8 Å². The van der Waals surface area contributed by atoms with E-state index >= 15 is 0 Å². The number of para-hydroxylation sites is 1. The molecule has 3 heterocycles. The number of nitrogens with one attached hydrogen (secondary N) is 1. The summed E-state index contributed by atoms with van der Waals surface area (Å²) in [4.78, 5) is 20.6. The SMILES string of the molecule is O=C(CCCn1cncn1)NC1COCC1Cc1ccnc2ccccc12. The molecule has 0 saturated carbocycles. The van der Waals surface area contributed by atoms with Crippen molar-refractivity contribution in [2.45, 2.75) is 31.8 Å². The first kappa shape index (κ1) is 17.6. The largest absolute Gasteiger partial charge is 0.379 e. The van der Waals surface area contributed by atoms with Gasteiger partial charge in [0.15, 0.2) is 0 Å². The Hall–Kier alpha value is -2.80. The van der Waals surface area contributed by atoms with Gasteiger partial charge < -0.3 is 10.1 Å². The summed E-state index contributed by atoms with van der Waals surface area (Å²) in [5, 5.41) is 8.37. The van der Waals surface area contributed by atoms with Gasteiger partial charge in [0.05, 0.1) is 24.8 Å². The van der Waals surface area contributed by atoms with Gasteiger partial charge in [-0.05, 0) is 30.5 Å². The topological polar surface area (TPSA) is 81.9 Å². The Balaban J connectivity index is 1.34. The maximum Gasteiger partial charge on any atom is 0.220 e. The first-order valence-electron chi connectivity index (χ1n) is 9.32. The van der Waals surface area contributed by atoms with Gasteiger partial charge in [-0.2, -0.15) is 5.10 Å². The van der Waals surface area contributed by atoms with Gasteiger partial charge in [-0.3, -0.25) is 14.5 Å². The van der Waals surface area contributed by atoms with Gasteiger partial charge in [-0.25, -0.2) is 4.98 Å². The van der Waals surface area contributed by atoms with E-state index in [1.165, 1.54) is 17.3 Å². The number of nitrogens with zero attached hydrogens (tertiary/aromatic N) is 4. The summed E-state index contributed by atoms with van der Waals surface area (Å²) in [5.41, 5.74) is 2.25. The van der Waals surface area contributed by atoms with Crippen LogP contribution in [0.5, 0.6) is 0 Å². The van der Waals surface area contributed by atoms with E-state index in [0.717, 1.165) is 18.4 Å². The number of pyridine rings is 1. The van der Waals surface area contributed by atoms with Crippen molar-refractivity contribution in [1.82, 2.24) is 25.1 Å². The third-order valence-corrected chi connectivity index (χ3v) is 5.02. The Morgan fingerprint density at radius 1 is 1.26 bits per heavy atom. The first-order chi connectivity index (χ1) is 13.3. The fourth-order valence-corrected chi connectivity index (χ4v) is 3.60. The summed E-state index contributed by atoms with van der Waals surface area (Å²) < 4.78 is 7.40. The van der Waals surface area contributed by atoms with Crippen LogP contribution < -0.4 is 5.32 Å². The van der Waals surface area contributed by atoms with Crippen LogP contribution in [0.4, 0.5) is 0 Å². The summed E-state index contributed by atoms with van der Waals surface area (Å²) >= 11 is 0. The van der Waals surface area contributed by atoms with Crippen molar-refractivity contribution in [3.8, 4) is 0 Å². The Morgan fingerprint density at radius 3 is 3.07 bits per heavy atom. The smallest absolute Gasteiger partial charge is 0.220 e. The van der Waals surface area contributed by atoms with Gasteiger partial charge in [0.25, 0.3) is 0 Å². The molecule has 0 spiro atoms. The van der Waals surface area contributed by atoms with Crippen molar-refractivity contribution in [3.63, 3.8) is 0 Å².